The van der Waals surface area contributed by atoms with Crippen LogP contribution in [0.3, 0.4) is 0 Å². The summed E-state index contributed by atoms with van der Waals surface area (Å²) in [7, 11) is 0. The highest BCUT2D eigenvalue weighted by Gasteiger charge is 2.35. The van der Waals surface area contributed by atoms with E-state index in [-0.39, 0.29) is 11.3 Å². The first-order chi connectivity index (χ1) is 8.84. The molecule has 104 valence electrons. The van der Waals surface area contributed by atoms with Crippen molar-refractivity contribution in [2.24, 2.45) is 0 Å². The minimum atomic E-state index is -0.618. The van der Waals surface area contributed by atoms with Crippen LogP contribution < -0.4 is 10.6 Å². The maximum Gasteiger partial charge on any atom is 0.244 e. The summed E-state index contributed by atoms with van der Waals surface area (Å²) in [5.74, 6) is 0.0634. The average molecular weight is 260 g/mol. The fourth-order valence-corrected chi connectivity index (χ4v) is 2.42. The van der Waals surface area contributed by atoms with E-state index < -0.39 is 5.54 Å². The molecule has 1 aromatic rings. The summed E-state index contributed by atoms with van der Waals surface area (Å²) < 4.78 is 0. The quantitative estimate of drug-likeness (QED) is 0.813. The highest BCUT2D eigenvalue weighted by atomic mass is 16.2. The van der Waals surface area contributed by atoms with Gasteiger partial charge in [-0.05, 0) is 36.4 Å². The summed E-state index contributed by atoms with van der Waals surface area (Å²) in [5, 5.41) is 6.35. The molecule has 3 nitrogen and oxygen atoms in total. The molecule has 1 aliphatic heterocycles. The van der Waals surface area contributed by atoms with Crippen LogP contribution in [0.15, 0.2) is 24.3 Å². The van der Waals surface area contributed by atoms with Crippen molar-refractivity contribution < 1.29 is 4.79 Å². The predicted octanol–water partition coefficient (Wildman–Crippen LogP) is 2.31. The lowest BCUT2D eigenvalue weighted by atomic mass is 9.84. The van der Waals surface area contributed by atoms with Gasteiger partial charge in [0.15, 0.2) is 0 Å². The van der Waals surface area contributed by atoms with Crippen LogP contribution in [0.2, 0.25) is 0 Å². The number of hydrogen-bond donors (Lipinski definition) is 2. The lowest BCUT2D eigenvalue weighted by Crippen LogP contribution is -2.50. The monoisotopic (exact) mass is 260 g/mol. The summed E-state index contributed by atoms with van der Waals surface area (Å²) in [5.41, 5.74) is 1.83. The van der Waals surface area contributed by atoms with Gasteiger partial charge in [-0.2, -0.15) is 0 Å². The minimum Gasteiger partial charge on any atom is -0.354 e. The summed E-state index contributed by atoms with van der Waals surface area (Å²) >= 11 is 0. The molecule has 1 unspecified atom stereocenters. The van der Waals surface area contributed by atoms with Gasteiger partial charge in [0.1, 0.15) is 5.54 Å². The molecule has 2 rings (SSSR count). The van der Waals surface area contributed by atoms with Gasteiger partial charge in [-0.25, -0.2) is 0 Å². The van der Waals surface area contributed by atoms with Gasteiger partial charge in [-0.1, -0.05) is 45.0 Å². The highest BCUT2D eigenvalue weighted by molar-refractivity contribution is 5.87. The first-order valence-corrected chi connectivity index (χ1v) is 6.98. The van der Waals surface area contributed by atoms with E-state index in [1.165, 1.54) is 5.56 Å². The summed E-state index contributed by atoms with van der Waals surface area (Å²) in [6, 6.07) is 8.39. The van der Waals surface area contributed by atoms with Gasteiger partial charge in [0.05, 0.1) is 0 Å². The van der Waals surface area contributed by atoms with Crippen molar-refractivity contribution in [2.75, 3.05) is 13.1 Å². The summed E-state index contributed by atoms with van der Waals surface area (Å²) in [4.78, 5) is 12.2. The topological polar surface area (TPSA) is 41.1 Å². The maximum atomic E-state index is 12.2. The van der Waals surface area contributed by atoms with Crippen LogP contribution in [0.5, 0.6) is 0 Å². The van der Waals surface area contributed by atoms with E-state index in [4.69, 9.17) is 0 Å². The molecule has 1 fully saturated rings. The number of rotatable bonds is 1. The normalized spacial score (nSPS) is 24.7. The van der Waals surface area contributed by atoms with Crippen LogP contribution in [0.4, 0.5) is 0 Å². The van der Waals surface area contributed by atoms with Crippen molar-refractivity contribution in [3.8, 4) is 0 Å². The zero-order chi connectivity index (χ0) is 14.1. The smallest absolute Gasteiger partial charge is 0.244 e. The Kier molecular flexibility index (Phi) is 3.68. The second-order valence-electron chi connectivity index (χ2n) is 6.49. The molecule has 1 aliphatic rings. The fraction of sp³-hybridized carbons (Fsp3) is 0.562. The Bertz CT molecular complexity index is 459. The minimum absolute atomic E-state index is 0.0634. The van der Waals surface area contributed by atoms with Crippen molar-refractivity contribution in [2.45, 2.75) is 45.1 Å². The van der Waals surface area contributed by atoms with E-state index in [9.17, 15) is 4.79 Å². The average Bonchev–Trinajstić information content (AvgIpc) is 2.52. The van der Waals surface area contributed by atoms with Crippen molar-refractivity contribution in [3.63, 3.8) is 0 Å². The Morgan fingerprint density at radius 3 is 2.32 bits per heavy atom. The van der Waals surface area contributed by atoms with Crippen LogP contribution >= 0.6 is 0 Å². The number of amides is 1. The molecule has 0 radical (unpaired) electrons. The van der Waals surface area contributed by atoms with E-state index in [0.717, 1.165) is 25.1 Å². The van der Waals surface area contributed by atoms with Crippen LogP contribution in [0.25, 0.3) is 0 Å². The zero-order valence-corrected chi connectivity index (χ0v) is 12.3. The van der Waals surface area contributed by atoms with Crippen LogP contribution in [-0.2, 0) is 15.7 Å². The van der Waals surface area contributed by atoms with Gasteiger partial charge in [-0.15, -0.1) is 0 Å². The molecule has 0 saturated carbocycles. The van der Waals surface area contributed by atoms with Crippen LogP contribution in [0.1, 0.15) is 45.2 Å². The Balaban J connectivity index is 2.32. The van der Waals surface area contributed by atoms with Gasteiger partial charge in [0.2, 0.25) is 5.91 Å². The Hall–Kier alpha value is -1.35. The number of carbonyl (C=O) groups excluding carboxylic acids is 1. The van der Waals surface area contributed by atoms with Gasteiger partial charge >= 0.3 is 0 Å². The highest BCUT2D eigenvalue weighted by Crippen LogP contribution is 2.27. The van der Waals surface area contributed by atoms with Gasteiger partial charge in [-0.3, -0.25) is 10.1 Å². The van der Waals surface area contributed by atoms with E-state index in [2.05, 4.69) is 55.7 Å². The third-order valence-electron chi connectivity index (χ3n) is 3.90. The van der Waals surface area contributed by atoms with Crippen molar-refractivity contribution in [1.29, 1.82) is 0 Å². The first-order valence-electron chi connectivity index (χ1n) is 6.98. The molecule has 1 amide bonds. The van der Waals surface area contributed by atoms with Crippen molar-refractivity contribution >= 4 is 5.91 Å². The number of hydrogen-bond acceptors (Lipinski definition) is 2. The maximum absolute atomic E-state index is 12.2. The van der Waals surface area contributed by atoms with E-state index in [1.807, 2.05) is 6.92 Å². The Morgan fingerprint density at radius 2 is 1.74 bits per heavy atom. The van der Waals surface area contributed by atoms with E-state index >= 15 is 0 Å². The molecule has 1 atom stereocenters. The Morgan fingerprint density at radius 1 is 1.11 bits per heavy atom. The molecule has 19 heavy (non-hydrogen) atoms. The van der Waals surface area contributed by atoms with Gasteiger partial charge in [0, 0.05) is 6.54 Å². The molecule has 0 aliphatic carbocycles. The van der Waals surface area contributed by atoms with Crippen LogP contribution in [0, 0.1) is 0 Å². The largest absolute Gasteiger partial charge is 0.354 e. The molecule has 3 heteroatoms. The number of nitrogens with one attached hydrogen (secondary N) is 2. The lowest BCUT2D eigenvalue weighted by molar-refractivity contribution is -0.126. The molecule has 1 saturated heterocycles. The predicted molar refractivity (Wildman–Crippen MR) is 78.1 cm³/mol. The second kappa shape index (κ2) is 4.97. The summed E-state index contributed by atoms with van der Waals surface area (Å²) in [6.07, 6.45) is 0.974. The van der Waals surface area contributed by atoms with Crippen LogP contribution in [-0.4, -0.2) is 19.0 Å². The zero-order valence-electron chi connectivity index (χ0n) is 12.3. The molecule has 0 spiro atoms. The lowest BCUT2D eigenvalue weighted by Gasteiger charge is -2.29. The molecule has 1 aromatic carbocycles. The second-order valence-corrected chi connectivity index (χ2v) is 6.49. The standard InChI is InChI=1S/C16H24N2O/c1-15(2,3)12-6-8-13(9-7-12)16(4)14(19)17-10-5-11-18-16/h6-9,18H,5,10-11H2,1-4H3,(H,17,19). The van der Waals surface area contributed by atoms with E-state index in [0.29, 0.717) is 0 Å². The first kappa shape index (κ1) is 14.1. The molecule has 0 aromatic heterocycles. The Labute approximate surface area is 115 Å². The molecular weight excluding hydrogens is 236 g/mol. The number of carbonyl (C=O) groups is 1. The number of benzene rings is 1. The molecule has 0 bridgehead atoms. The van der Waals surface area contributed by atoms with Crippen molar-refractivity contribution in [3.05, 3.63) is 35.4 Å². The summed E-state index contributed by atoms with van der Waals surface area (Å²) in [6.45, 7) is 10.2. The SMILES string of the molecule is CC(C)(C)c1ccc(C2(C)NCCCNC2=O)cc1. The fourth-order valence-electron chi connectivity index (χ4n) is 2.42. The van der Waals surface area contributed by atoms with Gasteiger partial charge < -0.3 is 5.32 Å². The third-order valence-corrected chi connectivity index (χ3v) is 3.90. The molecular formula is C16H24N2O. The molecule has 2 N–H and O–H groups in total. The van der Waals surface area contributed by atoms with E-state index in [1.54, 1.807) is 0 Å². The van der Waals surface area contributed by atoms with Gasteiger partial charge in [0.25, 0.3) is 0 Å². The molecule has 1 heterocycles. The van der Waals surface area contributed by atoms with Crippen molar-refractivity contribution in [1.82, 2.24) is 10.6 Å². The third kappa shape index (κ3) is 2.81.